The van der Waals surface area contributed by atoms with E-state index in [0.29, 0.717) is 17.9 Å². The van der Waals surface area contributed by atoms with Crippen molar-refractivity contribution in [2.75, 3.05) is 6.54 Å². The zero-order valence-electron chi connectivity index (χ0n) is 18.1. The predicted octanol–water partition coefficient (Wildman–Crippen LogP) is 3.59. The molecule has 0 aliphatic rings. The van der Waals surface area contributed by atoms with Crippen molar-refractivity contribution >= 4 is 0 Å². The Bertz CT molecular complexity index is 477. The van der Waals surface area contributed by atoms with E-state index in [1.165, 1.54) is 17.5 Å². The van der Waals surface area contributed by atoms with Crippen molar-refractivity contribution in [3.05, 3.63) is 40.7 Å². The summed E-state index contributed by atoms with van der Waals surface area (Å²) in [5.41, 5.74) is 3.12. The summed E-state index contributed by atoms with van der Waals surface area (Å²) in [6.07, 6.45) is 1.48. The van der Waals surface area contributed by atoms with Crippen molar-refractivity contribution in [1.82, 2.24) is 0 Å². The third kappa shape index (κ3) is 10.8. The first-order valence-electron chi connectivity index (χ1n) is 9.34. The second-order valence-corrected chi connectivity index (χ2v) is 9.20. The molecule has 0 bridgehead atoms. The first-order chi connectivity index (χ1) is 11.0. The number of rotatable bonds is 10. The number of benzene rings is 1. The molecule has 1 aromatic carbocycles. The van der Waals surface area contributed by atoms with Crippen molar-refractivity contribution in [2.45, 2.75) is 81.1 Å². The fourth-order valence-electron chi connectivity index (χ4n) is 2.98. The van der Waals surface area contributed by atoms with E-state index in [0.717, 1.165) is 13.1 Å². The molecule has 3 heteroatoms. The molecule has 0 spiro atoms. The third-order valence-electron chi connectivity index (χ3n) is 4.94. The molecule has 0 radical (unpaired) electrons. The minimum Gasteiger partial charge on any atom is -0.658 e. The van der Waals surface area contributed by atoms with Gasteiger partial charge in [0.2, 0.25) is 0 Å². The van der Waals surface area contributed by atoms with Gasteiger partial charge < -0.3 is 10.1 Å². The average Bonchev–Trinajstić information content (AvgIpc) is 2.45. The molecule has 1 rings (SSSR count). The molecule has 2 nitrogen and oxygen atoms in total. The van der Waals surface area contributed by atoms with Gasteiger partial charge in [0, 0.05) is 0 Å². The Hall–Kier alpha value is 0.945. The Labute approximate surface area is 205 Å². The normalized spacial score (nSPS) is 12.6. The second kappa shape index (κ2) is 11.7. The standard InChI is InChI=1S/C22H38NO.Rb/c1-17(2)22(7,8)15-21(5,6)16-23-13-19-9-11-20(12-10-19)14-24-18(3)4;/h9-12,17-18H,13-16H2,1-8H3;/q-1;+1. The van der Waals surface area contributed by atoms with Crippen LogP contribution in [0.1, 0.15) is 72.9 Å². The second-order valence-electron chi connectivity index (χ2n) is 9.20. The van der Waals surface area contributed by atoms with E-state index in [1.54, 1.807) is 0 Å². The van der Waals surface area contributed by atoms with Gasteiger partial charge in [0.1, 0.15) is 0 Å². The minimum atomic E-state index is 0. The summed E-state index contributed by atoms with van der Waals surface area (Å²) < 4.78 is 5.64. The summed E-state index contributed by atoms with van der Waals surface area (Å²) in [7, 11) is 0. The number of ether oxygens (including phenoxy) is 1. The van der Waals surface area contributed by atoms with Crippen LogP contribution in [0.2, 0.25) is 0 Å². The third-order valence-corrected chi connectivity index (χ3v) is 4.94. The molecular weight excluding hydrogens is 380 g/mol. The van der Waals surface area contributed by atoms with Gasteiger partial charge in [-0.05, 0) is 37.2 Å². The van der Waals surface area contributed by atoms with Crippen molar-refractivity contribution < 1.29 is 62.9 Å². The Morgan fingerprint density at radius 2 is 1.44 bits per heavy atom. The van der Waals surface area contributed by atoms with Gasteiger partial charge in [-0.25, -0.2) is 0 Å². The van der Waals surface area contributed by atoms with Crippen LogP contribution in [0.15, 0.2) is 24.3 Å². The molecule has 0 saturated heterocycles. The minimum absolute atomic E-state index is 0. The Morgan fingerprint density at radius 3 is 1.92 bits per heavy atom. The largest absolute Gasteiger partial charge is 1.00 e. The topological polar surface area (TPSA) is 23.3 Å². The van der Waals surface area contributed by atoms with E-state index in [2.05, 4.69) is 79.7 Å². The van der Waals surface area contributed by atoms with E-state index >= 15 is 0 Å². The molecule has 0 aromatic heterocycles. The molecule has 0 fully saturated rings. The average molecular weight is 418 g/mol. The number of hydrogen-bond acceptors (Lipinski definition) is 1. The van der Waals surface area contributed by atoms with Gasteiger partial charge in [0.25, 0.3) is 0 Å². The molecule has 0 aliphatic heterocycles. The van der Waals surface area contributed by atoms with E-state index in [1.807, 2.05) is 0 Å². The summed E-state index contributed by atoms with van der Waals surface area (Å²) in [6.45, 7) is 20.6. The molecule has 0 aliphatic carbocycles. The summed E-state index contributed by atoms with van der Waals surface area (Å²) in [6, 6.07) is 8.65. The monoisotopic (exact) mass is 417 g/mol. The zero-order chi connectivity index (χ0) is 18.4. The maximum absolute atomic E-state index is 5.64. The fraction of sp³-hybridized carbons (Fsp3) is 0.727. The summed E-state index contributed by atoms with van der Waals surface area (Å²) >= 11 is 0. The van der Waals surface area contributed by atoms with E-state index < -0.39 is 0 Å². The maximum Gasteiger partial charge on any atom is 1.00 e. The number of nitrogens with zero attached hydrogens (tertiary/aromatic N) is 1. The quantitative estimate of drug-likeness (QED) is 0.570. The summed E-state index contributed by atoms with van der Waals surface area (Å²) in [5.74, 6) is 0.692. The van der Waals surface area contributed by atoms with Crippen LogP contribution in [0.3, 0.4) is 0 Å². The zero-order valence-corrected chi connectivity index (χ0v) is 23.1. The molecule has 0 heterocycles. The Balaban J connectivity index is 0.00000576. The van der Waals surface area contributed by atoms with Gasteiger partial charge >= 0.3 is 58.2 Å². The van der Waals surface area contributed by atoms with Crippen LogP contribution in [-0.4, -0.2) is 12.6 Å². The van der Waals surface area contributed by atoms with Gasteiger partial charge in [0.05, 0.1) is 12.7 Å². The molecule has 0 N–H and O–H groups in total. The smallest absolute Gasteiger partial charge is 0.658 e. The van der Waals surface area contributed by atoms with E-state index in [4.69, 9.17) is 10.1 Å². The van der Waals surface area contributed by atoms with Crippen LogP contribution in [0.5, 0.6) is 0 Å². The van der Waals surface area contributed by atoms with E-state index in [9.17, 15) is 0 Å². The molecule has 138 valence electrons. The van der Waals surface area contributed by atoms with E-state index in [-0.39, 0.29) is 69.7 Å². The molecule has 0 amide bonds. The van der Waals surface area contributed by atoms with Crippen LogP contribution in [-0.2, 0) is 17.9 Å². The van der Waals surface area contributed by atoms with Crippen LogP contribution in [0.25, 0.3) is 5.32 Å². The van der Waals surface area contributed by atoms with Gasteiger partial charge in [-0.3, -0.25) is 0 Å². The van der Waals surface area contributed by atoms with Crippen LogP contribution >= 0.6 is 0 Å². The van der Waals surface area contributed by atoms with Gasteiger partial charge in [-0.1, -0.05) is 76.8 Å². The van der Waals surface area contributed by atoms with Crippen LogP contribution in [0.4, 0.5) is 0 Å². The Kier molecular flexibility index (Phi) is 12.2. The number of hydrogen-bond donors (Lipinski definition) is 0. The van der Waals surface area contributed by atoms with Gasteiger partial charge in [-0.2, -0.15) is 0 Å². The maximum atomic E-state index is 5.64. The van der Waals surface area contributed by atoms with Crippen LogP contribution < -0.4 is 58.2 Å². The SMILES string of the molecule is CC(C)OCc1ccc(C[N-]CC(C)(C)CC(C)(C)C(C)C)cc1.[Rb+]. The summed E-state index contributed by atoms with van der Waals surface area (Å²) in [4.78, 5) is 0. The van der Waals surface area contributed by atoms with Crippen molar-refractivity contribution in [1.29, 1.82) is 0 Å². The first kappa shape index (κ1) is 25.9. The van der Waals surface area contributed by atoms with Crippen molar-refractivity contribution in [3.63, 3.8) is 0 Å². The van der Waals surface area contributed by atoms with Crippen molar-refractivity contribution in [2.24, 2.45) is 16.7 Å². The predicted molar refractivity (Wildman–Crippen MR) is 105 cm³/mol. The molecule has 0 atom stereocenters. The van der Waals surface area contributed by atoms with Gasteiger partial charge in [-0.15, -0.1) is 13.1 Å². The molecule has 25 heavy (non-hydrogen) atoms. The van der Waals surface area contributed by atoms with Crippen LogP contribution in [0, 0.1) is 16.7 Å². The first-order valence-corrected chi connectivity index (χ1v) is 9.34. The van der Waals surface area contributed by atoms with Gasteiger partial charge in [0.15, 0.2) is 0 Å². The molecule has 0 saturated carbocycles. The molecule has 1 aromatic rings. The molecule has 0 unspecified atom stereocenters. The summed E-state index contributed by atoms with van der Waals surface area (Å²) in [5, 5.41) is 4.83. The molecular formula is C22H38NORb. The fourth-order valence-corrected chi connectivity index (χ4v) is 2.98. The Morgan fingerprint density at radius 1 is 0.920 bits per heavy atom. The van der Waals surface area contributed by atoms with Crippen molar-refractivity contribution in [3.8, 4) is 0 Å².